The fourth-order valence-corrected chi connectivity index (χ4v) is 4.00. The smallest absolute Gasteiger partial charge is 0.277 e. The number of β-amino-alcohol motifs (C(OH)–C–C–N with tert-alkyl or cyclic N) is 1. The van der Waals surface area contributed by atoms with Crippen molar-refractivity contribution in [3.63, 3.8) is 0 Å². The number of carbonyl (C=O) groups is 2. The lowest BCUT2D eigenvalue weighted by molar-refractivity contribution is -0.137. The molecular weight excluding hydrogens is 356 g/mol. The number of rotatable bonds is 5. The van der Waals surface area contributed by atoms with E-state index in [2.05, 4.69) is 15.2 Å². The lowest BCUT2D eigenvalue weighted by Crippen LogP contribution is -2.36. The van der Waals surface area contributed by atoms with Crippen LogP contribution in [0.2, 0.25) is 0 Å². The van der Waals surface area contributed by atoms with Crippen LogP contribution in [0.25, 0.3) is 10.2 Å². The quantitative estimate of drug-likeness (QED) is 0.747. The summed E-state index contributed by atoms with van der Waals surface area (Å²) in [5.41, 5.74) is 1.82. The van der Waals surface area contributed by atoms with Gasteiger partial charge >= 0.3 is 0 Å². The zero-order valence-corrected chi connectivity index (χ0v) is 14.8. The maximum atomic E-state index is 12.2. The van der Waals surface area contributed by atoms with Crippen LogP contribution in [-0.2, 0) is 14.3 Å². The van der Waals surface area contributed by atoms with E-state index >= 15 is 0 Å². The maximum Gasteiger partial charge on any atom is 0.277 e. The Labute approximate surface area is 153 Å². The molecular formula is C17H18N4O4S. The largest absolute Gasteiger partial charge is 0.395 e. The fraction of sp³-hybridized carbons (Fsp3) is 0.353. The van der Waals surface area contributed by atoms with E-state index < -0.39 is 11.8 Å². The standard InChI is InChI=1S/C17H18N4O4S/c22-6-3-21-15(23)10-13(16(21)24)18-11-1-2-12-14(9-11)26-17(19-12)20-4-7-25-8-5-20/h1-2,9-10,18,22H,3-8H2. The summed E-state index contributed by atoms with van der Waals surface area (Å²) in [7, 11) is 0. The second-order valence-corrected chi connectivity index (χ2v) is 6.99. The minimum atomic E-state index is -0.428. The second-order valence-electron chi connectivity index (χ2n) is 5.98. The highest BCUT2D eigenvalue weighted by Gasteiger charge is 2.30. The number of thiazole rings is 1. The van der Waals surface area contributed by atoms with Gasteiger partial charge in [-0.05, 0) is 18.2 Å². The molecule has 0 atom stereocenters. The van der Waals surface area contributed by atoms with E-state index in [0.717, 1.165) is 33.3 Å². The molecule has 2 aromatic rings. The van der Waals surface area contributed by atoms with Crippen LogP contribution in [0.1, 0.15) is 0 Å². The van der Waals surface area contributed by atoms with Gasteiger partial charge in [0.05, 0.1) is 36.6 Å². The molecule has 1 aromatic carbocycles. The van der Waals surface area contributed by atoms with Gasteiger partial charge in [0, 0.05) is 24.9 Å². The van der Waals surface area contributed by atoms with E-state index in [9.17, 15) is 9.59 Å². The summed E-state index contributed by atoms with van der Waals surface area (Å²) in [5.74, 6) is -0.845. The number of imide groups is 1. The average molecular weight is 374 g/mol. The fourth-order valence-electron chi connectivity index (χ4n) is 2.95. The van der Waals surface area contributed by atoms with Gasteiger partial charge in [0.2, 0.25) is 0 Å². The number of amides is 2. The first-order valence-corrected chi connectivity index (χ1v) is 9.16. The molecule has 2 aliphatic heterocycles. The summed E-state index contributed by atoms with van der Waals surface area (Å²) >= 11 is 1.59. The number of aromatic nitrogens is 1. The minimum absolute atomic E-state index is 0.00383. The van der Waals surface area contributed by atoms with Crippen molar-refractivity contribution in [1.29, 1.82) is 0 Å². The number of fused-ring (bicyclic) bond motifs is 1. The first kappa shape index (κ1) is 17.0. The average Bonchev–Trinajstić information content (AvgIpc) is 3.19. The van der Waals surface area contributed by atoms with Crippen molar-refractivity contribution < 1.29 is 19.4 Å². The summed E-state index contributed by atoms with van der Waals surface area (Å²) in [5, 5.41) is 12.9. The first-order valence-electron chi connectivity index (χ1n) is 8.34. The van der Waals surface area contributed by atoms with Crippen LogP contribution in [0.5, 0.6) is 0 Å². The van der Waals surface area contributed by atoms with Crippen molar-refractivity contribution in [2.24, 2.45) is 0 Å². The summed E-state index contributed by atoms with van der Waals surface area (Å²) in [6.07, 6.45) is 1.26. The van der Waals surface area contributed by atoms with Crippen molar-refractivity contribution in [2.45, 2.75) is 0 Å². The third-order valence-corrected chi connectivity index (χ3v) is 5.35. The number of nitrogens with zero attached hydrogens (tertiary/aromatic N) is 3. The molecule has 2 aliphatic rings. The number of aliphatic hydroxyl groups is 1. The Kier molecular flexibility index (Phi) is 4.58. The zero-order chi connectivity index (χ0) is 18.1. The molecule has 0 radical (unpaired) electrons. The third kappa shape index (κ3) is 3.16. The number of ether oxygens (including phenoxy) is 1. The van der Waals surface area contributed by atoms with Gasteiger partial charge in [-0.3, -0.25) is 14.5 Å². The molecule has 9 heteroatoms. The lowest BCUT2D eigenvalue weighted by atomic mass is 10.3. The number of hydrogen-bond acceptors (Lipinski definition) is 8. The SMILES string of the molecule is O=C1C=C(Nc2ccc3nc(N4CCOCC4)sc3c2)C(=O)N1CCO. The Morgan fingerprint density at radius 1 is 1.27 bits per heavy atom. The zero-order valence-electron chi connectivity index (χ0n) is 14.0. The highest BCUT2D eigenvalue weighted by Crippen LogP contribution is 2.31. The number of morpholine rings is 1. The topological polar surface area (TPSA) is 95.0 Å². The molecule has 4 rings (SSSR count). The molecule has 26 heavy (non-hydrogen) atoms. The van der Waals surface area contributed by atoms with Gasteiger partial charge in [0.15, 0.2) is 5.13 Å². The van der Waals surface area contributed by atoms with Gasteiger partial charge < -0.3 is 20.1 Å². The molecule has 0 spiro atoms. The molecule has 1 saturated heterocycles. The Morgan fingerprint density at radius 2 is 2.08 bits per heavy atom. The van der Waals surface area contributed by atoms with E-state index in [-0.39, 0.29) is 18.8 Å². The molecule has 2 N–H and O–H groups in total. The molecule has 3 heterocycles. The van der Waals surface area contributed by atoms with Crippen LogP contribution in [0.4, 0.5) is 10.8 Å². The molecule has 0 unspecified atom stereocenters. The van der Waals surface area contributed by atoms with Crippen LogP contribution in [0.3, 0.4) is 0 Å². The summed E-state index contributed by atoms with van der Waals surface area (Å²) in [4.78, 5) is 31.9. The lowest BCUT2D eigenvalue weighted by Gasteiger charge is -2.25. The Morgan fingerprint density at radius 3 is 2.85 bits per heavy atom. The van der Waals surface area contributed by atoms with Gasteiger partial charge in [-0.15, -0.1) is 0 Å². The van der Waals surface area contributed by atoms with E-state index in [1.165, 1.54) is 6.08 Å². The first-order chi connectivity index (χ1) is 12.7. The number of benzene rings is 1. The summed E-state index contributed by atoms with van der Waals surface area (Å²) in [6, 6.07) is 5.65. The van der Waals surface area contributed by atoms with E-state index in [1.54, 1.807) is 11.3 Å². The Hall–Kier alpha value is -2.49. The molecule has 8 nitrogen and oxygen atoms in total. The van der Waals surface area contributed by atoms with Crippen molar-refractivity contribution in [2.75, 3.05) is 49.7 Å². The van der Waals surface area contributed by atoms with Gasteiger partial charge in [-0.2, -0.15) is 0 Å². The van der Waals surface area contributed by atoms with Gasteiger partial charge in [0.25, 0.3) is 11.8 Å². The highest BCUT2D eigenvalue weighted by atomic mass is 32.1. The van der Waals surface area contributed by atoms with Crippen molar-refractivity contribution in [1.82, 2.24) is 9.88 Å². The molecule has 0 bridgehead atoms. The monoisotopic (exact) mass is 374 g/mol. The number of nitrogens with one attached hydrogen (secondary N) is 1. The van der Waals surface area contributed by atoms with Crippen molar-refractivity contribution in [3.8, 4) is 0 Å². The highest BCUT2D eigenvalue weighted by molar-refractivity contribution is 7.22. The van der Waals surface area contributed by atoms with Crippen LogP contribution < -0.4 is 10.2 Å². The normalized spacial score (nSPS) is 18.0. The van der Waals surface area contributed by atoms with Crippen LogP contribution in [0.15, 0.2) is 30.0 Å². The van der Waals surface area contributed by atoms with Gasteiger partial charge in [-0.1, -0.05) is 11.3 Å². The van der Waals surface area contributed by atoms with Crippen LogP contribution in [-0.4, -0.2) is 66.3 Å². The maximum absolute atomic E-state index is 12.2. The Balaban J connectivity index is 1.53. The molecule has 1 fully saturated rings. The minimum Gasteiger partial charge on any atom is -0.395 e. The van der Waals surface area contributed by atoms with Crippen molar-refractivity contribution in [3.05, 3.63) is 30.0 Å². The molecule has 136 valence electrons. The third-order valence-electron chi connectivity index (χ3n) is 4.27. The number of carbonyl (C=O) groups excluding carboxylic acids is 2. The molecule has 1 aromatic heterocycles. The summed E-state index contributed by atoms with van der Waals surface area (Å²) in [6.45, 7) is 2.81. The summed E-state index contributed by atoms with van der Waals surface area (Å²) < 4.78 is 6.37. The predicted molar refractivity (Wildman–Crippen MR) is 98.2 cm³/mol. The Bertz CT molecular complexity index is 888. The number of hydrogen-bond donors (Lipinski definition) is 2. The van der Waals surface area contributed by atoms with Gasteiger partial charge in [-0.25, -0.2) is 4.98 Å². The van der Waals surface area contributed by atoms with Crippen LogP contribution >= 0.6 is 11.3 Å². The van der Waals surface area contributed by atoms with E-state index in [4.69, 9.17) is 9.84 Å². The second kappa shape index (κ2) is 7.02. The van der Waals surface area contributed by atoms with Crippen LogP contribution in [0, 0.1) is 0 Å². The van der Waals surface area contributed by atoms with E-state index in [0.29, 0.717) is 18.9 Å². The predicted octanol–water partition coefficient (Wildman–Crippen LogP) is 0.790. The molecule has 0 saturated carbocycles. The number of aliphatic hydroxyl groups excluding tert-OH is 1. The van der Waals surface area contributed by atoms with Gasteiger partial charge in [0.1, 0.15) is 5.70 Å². The van der Waals surface area contributed by atoms with E-state index in [1.807, 2.05) is 18.2 Å². The number of anilines is 2. The molecule has 2 amide bonds. The van der Waals surface area contributed by atoms with Crippen molar-refractivity contribution >= 4 is 44.2 Å². The molecule has 0 aliphatic carbocycles.